The number of amides is 1. The molecule has 0 saturated heterocycles. The molecule has 2 aliphatic rings. The van der Waals surface area contributed by atoms with Crippen LogP contribution in [0.25, 0.3) is 0 Å². The van der Waals surface area contributed by atoms with E-state index in [0.29, 0.717) is 12.5 Å². The predicted molar refractivity (Wildman–Crippen MR) is 135 cm³/mol. The van der Waals surface area contributed by atoms with Crippen LogP contribution in [0, 0.1) is 5.92 Å². The second kappa shape index (κ2) is 10.8. The van der Waals surface area contributed by atoms with Crippen molar-refractivity contribution in [2.24, 2.45) is 5.92 Å². The first kappa shape index (κ1) is 23.9. The molecule has 0 radical (unpaired) electrons. The summed E-state index contributed by atoms with van der Waals surface area (Å²) in [5.74, 6) is 0.473. The molecule has 8 heteroatoms. The number of allylic oxidation sites excluding steroid dienone is 1. The minimum Gasteiger partial charge on any atom is -0.383 e. The zero-order valence-corrected chi connectivity index (χ0v) is 19.9. The summed E-state index contributed by atoms with van der Waals surface area (Å²) in [6, 6.07) is 9.58. The molecule has 0 bridgehead atoms. The SMILES string of the molecule is CC(NC(=O)CN(CCC1=CCCCC1)c1c(N)n(Cc2ccccc2)c(=O)[nH]c1=O)C1CC1. The third kappa shape index (κ3) is 5.98. The largest absolute Gasteiger partial charge is 0.383 e. The number of hydrogen-bond donors (Lipinski definition) is 3. The maximum Gasteiger partial charge on any atom is 0.330 e. The minimum absolute atomic E-state index is 0.0150. The second-order valence-electron chi connectivity index (χ2n) is 9.54. The van der Waals surface area contributed by atoms with Crippen molar-refractivity contribution >= 4 is 17.4 Å². The van der Waals surface area contributed by atoms with Crippen LogP contribution in [-0.4, -0.2) is 34.6 Å². The number of nitrogens with two attached hydrogens (primary N) is 1. The average Bonchev–Trinajstić information content (AvgIpc) is 3.67. The first-order chi connectivity index (χ1) is 16.4. The number of rotatable bonds is 10. The third-order valence-corrected chi connectivity index (χ3v) is 6.85. The minimum atomic E-state index is -0.563. The van der Waals surface area contributed by atoms with Crippen LogP contribution in [0.3, 0.4) is 0 Å². The van der Waals surface area contributed by atoms with Gasteiger partial charge in [0.05, 0.1) is 13.1 Å². The highest BCUT2D eigenvalue weighted by Gasteiger charge is 2.30. The van der Waals surface area contributed by atoms with Gasteiger partial charge in [-0.15, -0.1) is 0 Å². The molecule has 1 unspecified atom stereocenters. The van der Waals surface area contributed by atoms with Crippen LogP contribution >= 0.6 is 0 Å². The van der Waals surface area contributed by atoms with Crippen molar-refractivity contribution in [2.45, 2.75) is 64.5 Å². The first-order valence-electron chi connectivity index (χ1n) is 12.3. The molecule has 0 aliphatic heterocycles. The number of nitrogens with one attached hydrogen (secondary N) is 2. The fourth-order valence-electron chi connectivity index (χ4n) is 4.67. The van der Waals surface area contributed by atoms with E-state index in [1.165, 1.54) is 16.6 Å². The number of anilines is 2. The highest BCUT2D eigenvalue weighted by Crippen LogP contribution is 2.32. The van der Waals surface area contributed by atoms with Gasteiger partial charge in [0.25, 0.3) is 5.56 Å². The number of H-pyrrole nitrogens is 1. The summed E-state index contributed by atoms with van der Waals surface area (Å²) < 4.78 is 1.36. The fourth-order valence-corrected chi connectivity index (χ4v) is 4.67. The van der Waals surface area contributed by atoms with E-state index in [1.54, 1.807) is 4.90 Å². The van der Waals surface area contributed by atoms with Gasteiger partial charge < -0.3 is 16.0 Å². The Balaban J connectivity index is 1.62. The molecule has 1 fully saturated rings. The lowest BCUT2D eigenvalue weighted by Gasteiger charge is -2.27. The van der Waals surface area contributed by atoms with Gasteiger partial charge in [0, 0.05) is 12.6 Å². The standard InChI is InChI=1S/C26H35N5O3/c1-18(21-12-13-21)28-22(32)17-30(15-14-19-8-4-2-5-9-19)23-24(27)31(26(34)29-25(23)33)16-20-10-6-3-7-11-20/h3,6-8,10-11,18,21H,2,4-5,9,12-17,27H2,1H3,(H,28,32)(H,29,33,34). The number of hydrogen-bond acceptors (Lipinski definition) is 5. The van der Waals surface area contributed by atoms with Crippen molar-refractivity contribution in [3.63, 3.8) is 0 Å². The van der Waals surface area contributed by atoms with Crippen molar-refractivity contribution in [1.29, 1.82) is 0 Å². The number of carbonyl (C=O) groups is 1. The van der Waals surface area contributed by atoms with Gasteiger partial charge in [-0.25, -0.2) is 4.79 Å². The van der Waals surface area contributed by atoms with Crippen LogP contribution < -0.4 is 27.2 Å². The molecule has 182 valence electrons. The molecular formula is C26H35N5O3. The van der Waals surface area contributed by atoms with Crippen molar-refractivity contribution in [2.75, 3.05) is 23.7 Å². The molecule has 4 N–H and O–H groups in total. The van der Waals surface area contributed by atoms with Gasteiger partial charge in [-0.2, -0.15) is 0 Å². The number of carbonyl (C=O) groups excluding carboxylic acids is 1. The fraction of sp³-hybridized carbons (Fsp3) is 0.500. The van der Waals surface area contributed by atoms with Crippen molar-refractivity contribution in [3.05, 3.63) is 68.4 Å². The Hall–Kier alpha value is -3.29. The Morgan fingerprint density at radius 1 is 1.24 bits per heavy atom. The molecule has 2 aliphatic carbocycles. The molecule has 34 heavy (non-hydrogen) atoms. The van der Waals surface area contributed by atoms with Crippen LogP contribution in [0.4, 0.5) is 11.5 Å². The lowest BCUT2D eigenvalue weighted by atomic mass is 9.97. The monoisotopic (exact) mass is 465 g/mol. The zero-order valence-electron chi connectivity index (χ0n) is 19.9. The second-order valence-corrected chi connectivity index (χ2v) is 9.54. The molecule has 1 aromatic heterocycles. The van der Waals surface area contributed by atoms with Gasteiger partial charge in [0.2, 0.25) is 5.91 Å². The van der Waals surface area contributed by atoms with Gasteiger partial charge in [-0.05, 0) is 63.4 Å². The number of aromatic nitrogens is 2. The highest BCUT2D eigenvalue weighted by atomic mass is 16.2. The Kier molecular flexibility index (Phi) is 7.55. The summed E-state index contributed by atoms with van der Waals surface area (Å²) in [5.41, 5.74) is 7.73. The first-order valence-corrected chi connectivity index (χ1v) is 12.3. The van der Waals surface area contributed by atoms with Crippen LogP contribution in [-0.2, 0) is 11.3 Å². The summed E-state index contributed by atoms with van der Waals surface area (Å²) in [5, 5.41) is 3.07. The van der Waals surface area contributed by atoms with E-state index in [0.717, 1.165) is 44.1 Å². The van der Waals surface area contributed by atoms with E-state index in [2.05, 4.69) is 16.4 Å². The number of nitrogen functional groups attached to an aromatic ring is 1. The van der Waals surface area contributed by atoms with E-state index in [4.69, 9.17) is 5.73 Å². The number of nitrogens with zero attached hydrogens (tertiary/aromatic N) is 2. The zero-order chi connectivity index (χ0) is 24.1. The third-order valence-electron chi connectivity index (χ3n) is 6.85. The van der Waals surface area contributed by atoms with E-state index in [9.17, 15) is 14.4 Å². The molecule has 8 nitrogen and oxygen atoms in total. The molecular weight excluding hydrogens is 430 g/mol. The Morgan fingerprint density at radius 3 is 2.68 bits per heavy atom. The predicted octanol–water partition coefficient (Wildman–Crippen LogP) is 2.78. The highest BCUT2D eigenvalue weighted by molar-refractivity contribution is 5.82. The Bertz CT molecular complexity index is 1150. The number of benzene rings is 1. The van der Waals surface area contributed by atoms with Gasteiger partial charge in [-0.1, -0.05) is 42.0 Å². The lowest BCUT2D eigenvalue weighted by molar-refractivity contribution is -0.120. The summed E-state index contributed by atoms with van der Waals surface area (Å²) in [6.07, 6.45) is 9.76. The summed E-state index contributed by atoms with van der Waals surface area (Å²) in [6.45, 7) is 2.75. The summed E-state index contributed by atoms with van der Waals surface area (Å²) in [4.78, 5) is 42.6. The van der Waals surface area contributed by atoms with Crippen molar-refractivity contribution < 1.29 is 4.79 Å². The molecule has 0 spiro atoms. The Morgan fingerprint density at radius 2 is 2.00 bits per heavy atom. The van der Waals surface area contributed by atoms with Gasteiger partial charge >= 0.3 is 5.69 Å². The Labute approximate surface area is 199 Å². The molecule has 1 atom stereocenters. The maximum atomic E-state index is 12.9. The smallest absolute Gasteiger partial charge is 0.330 e. The van der Waals surface area contributed by atoms with Gasteiger partial charge in [0.15, 0.2) is 0 Å². The van der Waals surface area contributed by atoms with E-state index in [-0.39, 0.29) is 36.5 Å². The van der Waals surface area contributed by atoms with Crippen molar-refractivity contribution in [3.8, 4) is 0 Å². The molecule has 1 aromatic carbocycles. The lowest BCUT2D eigenvalue weighted by Crippen LogP contribution is -2.45. The molecule has 1 heterocycles. The van der Waals surface area contributed by atoms with Gasteiger partial charge in [-0.3, -0.25) is 19.1 Å². The van der Waals surface area contributed by atoms with E-state index < -0.39 is 11.2 Å². The number of aromatic amines is 1. The molecule has 1 amide bonds. The van der Waals surface area contributed by atoms with Crippen LogP contribution in [0.5, 0.6) is 0 Å². The maximum absolute atomic E-state index is 12.9. The summed E-state index contributed by atoms with van der Waals surface area (Å²) >= 11 is 0. The molecule has 2 aromatic rings. The van der Waals surface area contributed by atoms with E-state index in [1.807, 2.05) is 37.3 Å². The van der Waals surface area contributed by atoms with Crippen LogP contribution in [0.2, 0.25) is 0 Å². The quantitative estimate of drug-likeness (QED) is 0.467. The molecule has 4 rings (SSSR count). The summed E-state index contributed by atoms with van der Waals surface area (Å²) in [7, 11) is 0. The van der Waals surface area contributed by atoms with Crippen LogP contribution in [0.15, 0.2) is 51.6 Å². The topological polar surface area (TPSA) is 113 Å². The van der Waals surface area contributed by atoms with Crippen LogP contribution in [0.1, 0.15) is 57.4 Å². The molecule has 1 saturated carbocycles. The van der Waals surface area contributed by atoms with Gasteiger partial charge in [0.1, 0.15) is 11.5 Å². The van der Waals surface area contributed by atoms with E-state index >= 15 is 0 Å². The van der Waals surface area contributed by atoms with Crippen molar-refractivity contribution in [1.82, 2.24) is 14.9 Å². The normalized spacial score (nSPS) is 16.6. The average molecular weight is 466 g/mol.